The first-order valence-electron chi connectivity index (χ1n) is 11.3. The van der Waals surface area contributed by atoms with Gasteiger partial charge in [0.2, 0.25) is 0 Å². The smallest absolute Gasteiger partial charge is 0.181 e. The average Bonchev–Trinajstić information content (AvgIpc) is 3.24. The number of hydrogen-bond donors (Lipinski definition) is 2. The van der Waals surface area contributed by atoms with Crippen LogP contribution in [0.15, 0.2) is 72.9 Å². The van der Waals surface area contributed by atoms with E-state index in [0.717, 1.165) is 28.4 Å². The second-order valence-electron chi connectivity index (χ2n) is 8.35. The Hall–Kier alpha value is -4.33. The van der Waals surface area contributed by atoms with Crippen molar-refractivity contribution in [3.05, 3.63) is 102 Å². The Balaban J connectivity index is 1.63. The van der Waals surface area contributed by atoms with Crippen LogP contribution in [-0.4, -0.2) is 19.7 Å². The van der Waals surface area contributed by atoms with Gasteiger partial charge in [-0.15, -0.1) is 0 Å². The van der Waals surface area contributed by atoms with Crippen molar-refractivity contribution >= 4 is 22.3 Å². The topological polar surface area (TPSA) is 81.7 Å². The Morgan fingerprint density at radius 1 is 1.03 bits per heavy atom. The quantitative estimate of drug-likeness (QED) is 0.335. The van der Waals surface area contributed by atoms with Crippen LogP contribution >= 0.6 is 0 Å². The van der Waals surface area contributed by atoms with Crippen LogP contribution in [0.25, 0.3) is 22.2 Å². The van der Waals surface area contributed by atoms with Crippen LogP contribution in [-0.2, 0) is 13.5 Å². The minimum absolute atomic E-state index is 0.357. The summed E-state index contributed by atoms with van der Waals surface area (Å²) in [5, 5.41) is 9.67. The van der Waals surface area contributed by atoms with Crippen molar-refractivity contribution in [2.75, 3.05) is 11.1 Å². The molecule has 2 heterocycles. The molecular formula is C27H24F2N6. The SMILES string of the molecule is CCc1ccc(F)c(C(Nc2ccc3c(N)nccc3c2)c2nc(-c3cccc(F)c3)nn2C)c1. The molecular weight excluding hydrogens is 446 g/mol. The normalized spacial score (nSPS) is 12.1. The minimum atomic E-state index is -0.655. The molecule has 176 valence electrons. The van der Waals surface area contributed by atoms with E-state index in [-0.39, 0.29) is 11.6 Å². The number of nitrogens with zero attached hydrogens (tertiary/aromatic N) is 4. The Morgan fingerprint density at radius 3 is 2.69 bits per heavy atom. The number of aromatic nitrogens is 4. The van der Waals surface area contributed by atoms with Gasteiger partial charge in [0.25, 0.3) is 0 Å². The Morgan fingerprint density at radius 2 is 1.89 bits per heavy atom. The van der Waals surface area contributed by atoms with E-state index >= 15 is 4.39 Å². The number of aryl methyl sites for hydroxylation is 2. The molecule has 35 heavy (non-hydrogen) atoms. The number of hydrogen-bond acceptors (Lipinski definition) is 5. The fraction of sp³-hybridized carbons (Fsp3) is 0.148. The van der Waals surface area contributed by atoms with Crippen LogP contribution in [0.4, 0.5) is 20.3 Å². The molecule has 0 bridgehead atoms. The molecule has 3 N–H and O–H groups in total. The molecule has 6 nitrogen and oxygen atoms in total. The highest BCUT2D eigenvalue weighted by Crippen LogP contribution is 2.31. The number of anilines is 2. The molecule has 0 amide bonds. The third kappa shape index (κ3) is 4.42. The number of benzene rings is 3. The standard InChI is InChI=1S/C27H24F2N6/c1-3-16-7-10-23(29)22(13-16)24(32-20-8-9-21-17(15-20)11-12-31-25(21)30)27-33-26(34-35(27)2)18-5-4-6-19(28)14-18/h4-15,24,32H,3H2,1-2H3,(H2,30,31). The highest BCUT2D eigenvalue weighted by Gasteiger charge is 2.25. The summed E-state index contributed by atoms with van der Waals surface area (Å²) in [6.07, 6.45) is 2.41. The first kappa shape index (κ1) is 22.5. The van der Waals surface area contributed by atoms with Crippen LogP contribution in [0, 0.1) is 11.6 Å². The summed E-state index contributed by atoms with van der Waals surface area (Å²) in [7, 11) is 1.74. The monoisotopic (exact) mass is 470 g/mol. The van der Waals surface area contributed by atoms with Crippen molar-refractivity contribution < 1.29 is 8.78 Å². The van der Waals surface area contributed by atoms with Gasteiger partial charge in [0.15, 0.2) is 11.6 Å². The molecule has 1 atom stereocenters. The van der Waals surface area contributed by atoms with Gasteiger partial charge in [-0.05, 0) is 59.8 Å². The summed E-state index contributed by atoms with van der Waals surface area (Å²) >= 11 is 0. The first-order valence-corrected chi connectivity index (χ1v) is 11.3. The minimum Gasteiger partial charge on any atom is -0.383 e. The van der Waals surface area contributed by atoms with Crippen molar-refractivity contribution in [1.29, 1.82) is 0 Å². The summed E-state index contributed by atoms with van der Waals surface area (Å²) in [5.74, 6) is 0.561. The van der Waals surface area contributed by atoms with Crippen molar-refractivity contribution in [2.24, 2.45) is 7.05 Å². The van der Waals surface area contributed by atoms with Gasteiger partial charge in [0, 0.05) is 35.4 Å². The van der Waals surface area contributed by atoms with E-state index in [1.165, 1.54) is 18.2 Å². The molecule has 0 spiro atoms. The van der Waals surface area contributed by atoms with Gasteiger partial charge < -0.3 is 11.1 Å². The maximum atomic E-state index is 15.2. The number of fused-ring (bicyclic) bond motifs is 1. The van der Waals surface area contributed by atoms with E-state index in [1.54, 1.807) is 36.1 Å². The largest absolute Gasteiger partial charge is 0.383 e. The predicted molar refractivity (Wildman–Crippen MR) is 134 cm³/mol. The number of halogens is 2. The number of nitrogens with one attached hydrogen (secondary N) is 1. The van der Waals surface area contributed by atoms with Gasteiger partial charge in [-0.2, -0.15) is 5.10 Å². The zero-order valence-electron chi connectivity index (χ0n) is 19.3. The van der Waals surface area contributed by atoms with E-state index in [1.807, 2.05) is 37.3 Å². The molecule has 3 aromatic carbocycles. The van der Waals surface area contributed by atoms with Crippen LogP contribution in [0.1, 0.15) is 29.9 Å². The van der Waals surface area contributed by atoms with E-state index in [2.05, 4.69) is 15.4 Å². The van der Waals surface area contributed by atoms with Gasteiger partial charge in [0.05, 0.1) is 0 Å². The summed E-state index contributed by atoms with van der Waals surface area (Å²) in [5.41, 5.74) is 8.74. The van der Waals surface area contributed by atoms with Crippen molar-refractivity contribution in [2.45, 2.75) is 19.4 Å². The van der Waals surface area contributed by atoms with Crippen molar-refractivity contribution in [1.82, 2.24) is 19.7 Å². The van der Waals surface area contributed by atoms with Gasteiger partial charge in [-0.3, -0.25) is 4.68 Å². The van der Waals surface area contributed by atoms with E-state index in [4.69, 9.17) is 10.7 Å². The zero-order valence-corrected chi connectivity index (χ0v) is 19.3. The molecule has 8 heteroatoms. The molecule has 1 unspecified atom stereocenters. The molecule has 0 fully saturated rings. The fourth-order valence-electron chi connectivity index (χ4n) is 4.17. The summed E-state index contributed by atoms with van der Waals surface area (Å²) < 4.78 is 30.6. The third-order valence-corrected chi connectivity index (χ3v) is 6.02. The second kappa shape index (κ2) is 9.13. The lowest BCUT2D eigenvalue weighted by Crippen LogP contribution is -2.19. The fourth-order valence-corrected chi connectivity index (χ4v) is 4.17. The van der Waals surface area contributed by atoms with Crippen LogP contribution in [0.3, 0.4) is 0 Å². The van der Waals surface area contributed by atoms with Crippen LogP contribution in [0.5, 0.6) is 0 Å². The molecule has 5 rings (SSSR count). The van der Waals surface area contributed by atoms with E-state index in [0.29, 0.717) is 28.6 Å². The van der Waals surface area contributed by atoms with Crippen LogP contribution < -0.4 is 11.1 Å². The maximum absolute atomic E-state index is 15.2. The highest BCUT2D eigenvalue weighted by molar-refractivity contribution is 5.92. The summed E-state index contributed by atoms with van der Waals surface area (Å²) in [4.78, 5) is 8.83. The number of nitrogens with two attached hydrogens (primary N) is 1. The molecule has 0 aliphatic rings. The second-order valence-corrected chi connectivity index (χ2v) is 8.35. The zero-order chi connectivity index (χ0) is 24.5. The molecule has 0 aliphatic heterocycles. The van der Waals surface area contributed by atoms with Gasteiger partial charge in [-0.1, -0.05) is 31.2 Å². The van der Waals surface area contributed by atoms with Crippen molar-refractivity contribution in [3.8, 4) is 11.4 Å². The number of rotatable bonds is 6. The Labute approximate surface area is 201 Å². The molecule has 0 saturated heterocycles. The molecule has 2 aromatic heterocycles. The van der Waals surface area contributed by atoms with Gasteiger partial charge >= 0.3 is 0 Å². The molecule has 0 saturated carbocycles. The lowest BCUT2D eigenvalue weighted by molar-refractivity contribution is 0.590. The Bertz CT molecular complexity index is 1530. The molecule has 0 radical (unpaired) electrons. The van der Waals surface area contributed by atoms with Crippen LogP contribution in [0.2, 0.25) is 0 Å². The first-order chi connectivity index (χ1) is 16.9. The van der Waals surface area contributed by atoms with E-state index < -0.39 is 6.04 Å². The maximum Gasteiger partial charge on any atom is 0.181 e. The highest BCUT2D eigenvalue weighted by atomic mass is 19.1. The predicted octanol–water partition coefficient (Wildman–Crippen LogP) is 5.65. The average molecular weight is 471 g/mol. The number of nitrogen functional groups attached to an aromatic ring is 1. The molecule has 0 aliphatic carbocycles. The summed E-state index contributed by atoms with van der Waals surface area (Å²) in [6, 6.07) is 18.1. The lowest BCUT2D eigenvalue weighted by Gasteiger charge is -2.21. The van der Waals surface area contributed by atoms with Crippen molar-refractivity contribution in [3.63, 3.8) is 0 Å². The third-order valence-electron chi connectivity index (χ3n) is 6.02. The van der Waals surface area contributed by atoms with E-state index in [9.17, 15) is 4.39 Å². The molecule has 5 aromatic rings. The number of pyridine rings is 1. The van der Waals surface area contributed by atoms with Gasteiger partial charge in [-0.25, -0.2) is 18.7 Å². The lowest BCUT2D eigenvalue weighted by atomic mass is 10.0. The Kier molecular flexibility index (Phi) is 5.86. The summed E-state index contributed by atoms with van der Waals surface area (Å²) in [6.45, 7) is 2.02. The van der Waals surface area contributed by atoms with Gasteiger partial charge in [0.1, 0.15) is 23.5 Å².